The van der Waals surface area contributed by atoms with E-state index in [9.17, 15) is 4.79 Å². The second kappa shape index (κ2) is 7.14. The lowest BCUT2D eigenvalue weighted by Gasteiger charge is -1.98. The smallest absolute Gasteiger partial charge is 0.216 e. The molecule has 0 rings (SSSR count). The molecular weight excluding hydrogens is 138 g/mol. The Morgan fingerprint density at radius 1 is 1.45 bits per heavy atom. The topological polar surface area (TPSA) is 29.1 Å². The summed E-state index contributed by atoms with van der Waals surface area (Å²) in [6.45, 7) is 4.15. The van der Waals surface area contributed by atoms with Crippen molar-refractivity contribution in [2.45, 2.75) is 33.1 Å². The summed E-state index contributed by atoms with van der Waals surface area (Å²) in [5, 5.41) is 2.74. The fourth-order valence-corrected chi connectivity index (χ4v) is 0.728. The SMILES string of the molecule is CC#CCCCCNC(C)=O. The van der Waals surface area contributed by atoms with Gasteiger partial charge in [0, 0.05) is 19.9 Å². The Kier molecular flexibility index (Phi) is 6.51. The van der Waals surface area contributed by atoms with Gasteiger partial charge in [0.2, 0.25) is 5.91 Å². The maximum absolute atomic E-state index is 10.4. The van der Waals surface area contributed by atoms with Gasteiger partial charge in [-0.3, -0.25) is 4.79 Å². The normalized spacial score (nSPS) is 8.18. The predicted octanol–water partition coefficient (Wildman–Crippen LogP) is 1.32. The third-order valence-electron chi connectivity index (χ3n) is 1.28. The van der Waals surface area contributed by atoms with Crippen LogP contribution in [0.2, 0.25) is 0 Å². The molecule has 0 spiro atoms. The van der Waals surface area contributed by atoms with Crippen molar-refractivity contribution in [2.24, 2.45) is 0 Å². The number of rotatable bonds is 4. The second-order valence-corrected chi connectivity index (χ2v) is 2.37. The molecule has 2 nitrogen and oxygen atoms in total. The molecule has 0 bridgehead atoms. The predicted molar refractivity (Wildman–Crippen MR) is 46.0 cm³/mol. The highest BCUT2D eigenvalue weighted by Crippen LogP contribution is 1.91. The second-order valence-electron chi connectivity index (χ2n) is 2.37. The number of hydrogen-bond acceptors (Lipinski definition) is 1. The molecule has 2 heteroatoms. The number of hydrogen-bond donors (Lipinski definition) is 1. The average Bonchev–Trinajstić information content (AvgIpc) is 1.96. The molecule has 0 atom stereocenters. The van der Waals surface area contributed by atoms with Gasteiger partial charge >= 0.3 is 0 Å². The Labute approximate surface area is 68.4 Å². The van der Waals surface area contributed by atoms with Crippen molar-refractivity contribution in [3.63, 3.8) is 0 Å². The monoisotopic (exact) mass is 153 g/mol. The van der Waals surface area contributed by atoms with Crippen LogP contribution >= 0.6 is 0 Å². The van der Waals surface area contributed by atoms with Crippen LogP contribution in [-0.4, -0.2) is 12.5 Å². The minimum atomic E-state index is 0.0478. The zero-order valence-electron chi connectivity index (χ0n) is 7.24. The lowest BCUT2D eigenvalue weighted by molar-refractivity contribution is -0.118. The van der Waals surface area contributed by atoms with Crippen LogP contribution in [0.4, 0.5) is 0 Å². The first kappa shape index (κ1) is 10.0. The van der Waals surface area contributed by atoms with Gasteiger partial charge in [-0.05, 0) is 19.8 Å². The van der Waals surface area contributed by atoms with E-state index in [-0.39, 0.29) is 5.91 Å². The molecule has 0 aliphatic rings. The molecule has 0 aromatic carbocycles. The summed E-state index contributed by atoms with van der Waals surface area (Å²) >= 11 is 0. The molecule has 0 heterocycles. The Morgan fingerprint density at radius 2 is 2.18 bits per heavy atom. The van der Waals surface area contributed by atoms with Crippen molar-refractivity contribution in [3.8, 4) is 11.8 Å². The molecule has 1 N–H and O–H groups in total. The summed E-state index contributed by atoms with van der Waals surface area (Å²) in [6, 6.07) is 0. The van der Waals surface area contributed by atoms with E-state index < -0.39 is 0 Å². The summed E-state index contributed by atoms with van der Waals surface area (Å²) in [5.41, 5.74) is 0. The molecule has 62 valence electrons. The van der Waals surface area contributed by atoms with Gasteiger partial charge in [-0.15, -0.1) is 11.8 Å². The lowest BCUT2D eigenvalue weighted by atomic mass is 10.2. The number of unbranched alkanes of at least 4 members (excludes halogenated alkanes) is 2. The molecular formula is C9H15NO. The molecule has 0 aliphatic heterocycles. The number of carbonyl (C=O) groups is 1. The van der Waals surface area contributed by atoms with E-state index in [1.807, 2.05) is 6.92 Å². The summed E-state index contributed by atoms with van der Waals surface area (Å²) in [5.74, 6) is 5.85. The summed E-state index contributed by atoms with van der Waals surface area (Å²) in [4.78, 5) is 10.4. The standard InChI is InChI=1S/C9H15NO/c1-3-4-5-6-7-8-10-9(2)11/h5-8H2,1-2H3,(H,10,11). The minimum absolute atomic E-state index is 0.0478. The fourth-order valence-electron chi connectivity index (χ4n) is 0.728. The van der Waals surface area contributed by atoms with Crippen molar-refractivity contribution < 1.29 is 4.79 Å². The number of nitrogens with one attached hydrogen (secondary N) is 1. The molecule has 0 aliphatic carbocycles. The Balaban J connectivity index is 3.00. The van der Waals surface area contributed by atoms with E-state index in [1.54, 1.807) is 0 Å². The Bertz CT molecular complexity index is 164. The minimum Gasteiger partial charge on any atom is -0.356 e. The van der Waals surface area contributed by atoms with Gasteiger partial charge in [0.25, 0.3) is 0 Å². The van der Waals surface area contributed by atoms with E-state index in [2.05, 4.69) is 17.2 Å². The van der Waals surface area contributed by atoms with Crippen molar-refractivity contribution in [1.82, 2.24) is 5.32 Å². The van der Waals surface area contributed by atoms with E-state index in [0.29, 0.717) is 0 Å². The molecule has 0 saturated heterocycles. The van der Waals surface area contributed by atoms with Gasteiger partial charge in [-0.2, -0.15) is 0 Å². The molecule has 0 unspecified atom stereocenters. The first-order chi connectivity index (χ1) is 5.27. The first-order valence-electron chi connectivity index (χ1n) is 3.91. The third kappa shape index (κ3) is 9.03. The quantitative estimate of drug-likeness (QED) is 0.479. The zero-order valence-corrected chi connectivity index (χ0v) is 7.24. The number of carbonyl (C=O) groups excluding carboxylic acids is 1. The van der Waals surface area contributed by atoms with Crippen molar-refractivity contribution in [2.75, 3.05) is 6.54 Å². The molecule has 0 fully saturated rings. The lowest BCUT2D eigenvalue weighted by Crippen LogP contribution is -2.20. The molecule has 11 heavy (non-hydrogen) atoms. The van der Waals surface area contributed by atoms with E-state index in [1.165, 1.54) is 6.92 Å². The summed E-state index contributed by atoms with van der Waals surface area (Å²) < 4.78 is 0. The van der Waals surface area contributed by atoms with Gasteiger partial charge in [0.1, 0.15) is 0 Å². The van der Waals surface area contributed by atoms with Crippen LogP contribution in [0.15, 0.2) is 0 Å². The maximum Gasteiger partial charge on any atom is 0.216 e. The van der Waals surface area contributed by atoms with Crippen molar-refractivity contribution >= 4 is 5.91 Å². The van der Waals surface area contributed by atoms with Gasteiger partial charge < -0.3 is 5.32 Å². The molecule has 0 aromatic heterocycles. The maximum atomic E-state index is 10.4. The van der Waals surface area contributed by atoms with E-state index in [4.69, 9.17) is 0 Å². The van der Waals surface area contributed by atoms with Crippen LogP contribution in [0.5, 0.6) is 0 Å². The van der Waals surface area contributed by atoms with Crippen LogP contribution < -0.4 is 5.32 Å². The highest BCUT2D eigenvalue weighted by atomic mass is 16.1. The highest BCUT2D eigenvalue weighted by Gasteiger charge is 1.88. The number of amides is 1. The van der Waals surface area contributed by atoms with Crippen LogP contribution in [0.1, 0.15) is 33.1 Å². The van der Waals surface area contributed by atoms with E-state index >= 15 is 0 Å². The van der Waals surface area contributed by atoms with Crippen molar-refractivity contribution in [1.29, 1.82) is 0 Å². The van der Waals surface area contributed by atoms with Gasteiger partial charge in [-0.1, -0.05) is 0 Å². The van der Waals surface area contributed by atoms with Crippen molar-refractivity contribution in [3.05, 3.63) is 0 Å². The summed E-state index contributed by atoms with van der Waals surface area (Å²) in [6.07, 6.45) is 3.03. The first-order valence-corrected chi connectivity index (χ1v) is 3.91. The Hall–Kier alpha value is -0.970. The Morgan fingerprint density at radius 3 is 2.73 bits per heavy atom. The zero-order chi connectivity index (χ0) is 8.53. The third-order valence-corrected chi connectivity index (χ3v) is 1.28. The average molecular weight is 153 g/mol. The van der Waals surface area contributed by atoms with Gasteiger partial charge in [0.05, 0.1) is 0 Å². The van der Waals surface area contributed by atoms with Crippen LogP contribution in [-0.2, 0) is 4.79 Å². The molecule has 1 amide bonds. The van der Waals surface area contributed by atoms with E-state index in [0.717, 1.165) is 25.8 Å². The molecule has 0 aromatic rings. The summed E-state index contributed by atoms with van der Waals surface area (Å²) in [7, 11) is 0. The molecule has 0 saturated carbocycles. The highest BCUT2D eigenvalue weighted by molar-refractivity contribution is 5.72. The van der Waals surface area contributed by atoms with Gasteiger partial charge in [0.15, 0.2) is 0 Å². The van der Waals surface area contributed by atoms with Crippen LogP contribution in [0.25, 0.3) is 0 Å². The van der Waals surface area contributed by atoms with Crippen LogP contribution in [0.3, 0.4) is 0 Å². The largest absolute Gasteiger partial charge is 0.356 e. The van der Waals surface area contributed by atoms with Crippen LogP contribution in [0, 0.1) is 11.8 Å². The molecule has 0 radical (unpaired) electrons. The fraction of sp³-hybridized carbons (Fsp3) is 0.667. The van der Waals surface area contributed by atoms with Gasteiger partial charge in [-0.25, -0.2) is 0 Å².